The molecule has 1 aliphatic rings. The van der Waals surface area contributed by atoms with E-state index in [0.29, 0.717) is 4.88 Å². The summed E-state index contributed by atoms with van der Waals surface area (Å²) in [6, 6.07) is 7.09. The number of hydrogen-bond acceptors (Lipinski definition) is 6. The number of nitrogens with zero attached hydrogens (tertiary/aromatic N) is 1. The lowest BCUT2D eigenvalue weighted by molar-refractivity contribution is -0.164. The summed E-state index contributed by atoms with van der Waals surface area (Å²) in [5, 5.41) is 1.55. The van der Waals surface area contributed by atoms with Crippen LogP contribution in [0.1, 0.15) is 31.1 Å². The van der Waals surface area contributed by atoms with E-state index >= 15 is 0 Å². The minimum Gasteiger partial charge on any atom is -0.464 e. The normalized spacial score (nSPS) is 18.0. The van der Waals surface area contributed by atoms with Gasteiger partial charge in [-0.15, -0.1) is 11.3 Å². The quantitative estimate of drug-likeness (QED) is 0.503. The molecule has 0 bridgehead atoms. The molecule has 6 nitrogen and oxygen atoms in total. The van der Waals surface area contributed by atoms with Gasteiger partial charge >= 0.3 is 11.9 Å². The van der Waals surface area contributed by atoms with Crippen LogP contribution in [0.4, 0.5) is 10.1 Å². The number of carbonyl (C=O) groups is 3. The van der Waals surface area contributed by atoms with Crippen LogP contribution < -0.4 is 4.90 Å². The Morgan fingerprint density at radius 1 is 1.24 bits per heavy atom. The summed E-state index contributed by atoms with van der Waals surface area (Å²) in [7, 11) is 0. The molecule has 2 heterocycles. The zero-order valence-corrected chi connectivity index (χ0v) is 17.4. The van der Waals surface area contributed by atoms with Gasteiger partial charge in [-0.1, -0.05) is 17.7 Å². The summed E-state index contributed by atoms with van der Waals surface area (Å²) in [5.74, 6) is -3.80. The Morgan fingerprint density at radius 2 is 1.90 bits per heavy atom. The van der Waals surface area contributed by atoms with Crippen molar-refractivity contribution in [3.05, 3.63) is 51.4 Å². The number of thiophene rings is 1. The molecule has 2 aromatic rings. The first-order valence-corrected chi connectivity index (χ1v) is 10.3. The van der Waals surface area contributed by atoms with Crippen molar-refractivity contribution in [2.24, 2.45) is 0 Å². The Bertz CT molecular complexity index is 915. The molecule has 1 unspecified atom stereocenters. The van der Waals surface area contributed by atoms with Crippen LogP contribution in [0.2, 0.25) is 5.02 Å². The highest BCUT2D eigenvalue weighted by molar-refractivity contribution is 7.10. The highest BCUT2D eigenvalue weighted by atomic mass is 35.5. The molecular formula is C20H19ClFNO5S. The Balaban J connectivity index is 2.27. The van der Waals surface area contributed by atoms with E-state index in [2.05, 4.69) is 0 Å². The Kier molecular flexibility index (Phi) is 6.24. The predicted molar refractivity (Wildman–Crippen MR) is 107 cm³/mol. The van der Waals surface area contributed by atoms with Crippen LogP contribution in [0.5, 0.6) is 0 Å². The van der Waals surface area contributed by atoms with Crippen LogP contribution in [0, 0.1) is 5.82 Å². The van der Waals surface area contributed by atoms with Crippen molar-refractivity contribution in [2.45, 2.75) is 31.7 Å². The average molecular weight is 440 g/mol. The topological polar surface area (TPSA) is 72.9 Å². The first kappa shape index (κ1) is 21.3. The van der Waals surface area contributed by atoms with Crippen LogP contribution in [-0.4, -0.2) is 36.6 Å². The maximum Gasteiger partial charge on any atom is 0.344 e. The first-order chi connectivity index (χ1) is 13.9. The number of anilines is 1. The van der Waals surface area contributed by atoms with E-state index in [-0.39, 0.29) is 30.3 Å². The molecular weight excluding hydrogens is 421 g/mol. The van der Waals surface area contributed by atoms with Gasteiger partial charge < -0.3 is 9.47 Å². The maximum atomic E-state index is 13.7. The van der Waals surface area contributed by atoms with E-state index in [4.69, 9.17) is 21.1 Å². The molecule has 1 atom stereocenters. The zero-order valence-electron chi connectivity index (χ0n) is 15.8. The molecule has 0 N–H and O–H groups in total. The van der Waals surface area contributed by atoms with Crippen molar-refractivity contribution < 1.29 is 28.2 Å². The molecule has 0 saturated carbocycles. The highest BCUT2D eigenvalue weighted by Gasteiger charge is 2.66. The molecule has 1 fully saturated rings. The van der Waals surface area contributed by atoms with Crippen LogP contribution in [0.3, 0.4) is 0 Å². The molecule has 29 heavy (non-hydrogen) atoms. The average Bonchev–Trinajstić information content (AvgIpc) is 3.30. The molecule has 1 aromatic carbocycles. The molecule has 1 saturated heterocycles. The van der Waals surface area contributed by atoms with Crippen LogP contribution in [0.15, 0.2) is 35.7 Å². The Labute approximate surface area is 176 Å². The lowest BCUT2D eigenvalue weighted by Crippen LogP contribution is -2.62. The van der Waals surface area contributed by atoms with Crippen molar-refractivity contribution in [2.75, 3.05) is 18.1 Å². The fourth-order valence-electron chi connectivity index (χ4n) is 3.57. The van der Waals surface area contributed by atoms with E-state index in [1.165, 1.54) is 23.5 Å². The van der Waals surface area contributed by atoms with Crippen LogP contribution in [0.25, 0.3) is 0 Å². The third-order valence-corrected chi connectivity index (χ3v) is 5.98. The second kappa shape index (κ2) is 8.51. The second-order valence-corrected chi connectivity index (χ2v) is 7.69. The molecule has 0 aliphatic carbocycles. The second-order valence-electron chi connectivity index (χ2n) is 6.31. The maximum absolute atomic E-state index is 13.7. The number of halogens is 2. The largest absolute Gasteiger partial charge is 0.464 e. The standard InChI is InChI=1S/C20H19ClFNO5S/c1-3-27-18(25)20(19(26)28-4-2)13(16-6-5-9-29-16)11-17(24)23(20)12-7-8-15(22)14(21)10-12/h5-10,13H,3-4,11H2,1-2H3. The van der Waals surface area contributed by atoms with Crippen molar-refractivity contribution in [1.29, 1.82) is 0 Å². The molecule has 154 valence electrons. The fourth-order valence-corrected chi connectivity index (χ4v) is 4.63. The molecule has 0 radical (unpaired) electrons. The fraction of sp³-hybridized carbons (Fsp3) is 0.350. The van der Waals surface area contributed by atoms with Gasteiger partial charge in [0.05, 0.1) is 18.2 Å². The minimum atomic E-state index is -2.07. The lowest BCUT2D eigenvalue weighted by atomic mass is 9.83. The summed E-state index contributed by atoms with van der Waals surface area (Å²) in [6.07, 6.45) is -0.118. The van der Waals surface area contributed by atoms with E-state index in [1.807, 2.05) is 0 Å². The summed E-state index contributed by atoms with van der Waals surface area (Å²) < 4.78 is 24.2. The Hall–Kier alpha value is -2.45. The minimum absolute atomic E-state index is 0.00333. The molecule has 1 amide bonds. The van der Waals surface area contributed by atoms with Crippen molar-refractivity contribution in [3.63, 3.8) is 0 Å². The third kappa shape index (κ3) is 3.51. The van der Waals surface area contributed by atoms with E-state index in [0.717, 1.165) is 11.0 Å². The van der Waals surface area contributed by atoms with Gasteiger partial charge in [-0.25, -0.2) is 14.0 Å². The van der Waals surface area contributed by atoms with Gasteiger partial charge in [0.2, 0.25) is 5.91 Å². The van der Waals surface area contributed by atoms with Crippen molar-refractivity contribution >= 4 is 46.5 Å². The number of ether oxygens (including phenoxy) is 2. The molecule has 1 aliphatic heterocycles. The van der Waals surface area contributed by atoms with Gasteiger partial charge in [0.25, 0.3) is 5.54 Å². The van der Waals surface area contributed by atoms with Gasteiger partial charge in [-0.3, -0.25) is 9.69 Å². The van der Waals surface area contributed by atoms with Crippen LogP contribution in [-0.2, 0) is 23.9 Å². The number of benzene rings is 1. The Morgan fingerprint density at radius 3 is 2.41 bits per heavy atom. The predicted octanol–water partition coefficient (Wildman–Crippen LogP) is 3.93. The number of amides is 1. The van der Waals surface area contributed by atoms with Crippen molar-refractivity contribution in [1.82, 2.24) is 0 Å². The SMILES string of the molecule is CCOC(=O)C1(C(=O)OCC)C(c2cccs2)CC(=O)N1c1ccc(F)c(Cl)c1. The van der Waals surface area contributed by atoms with E-state index < -0.39 is 35.1 Å². The van der Waals surface area contributed by atoms with Gasteiger partial charge in [0.15, 0.2) is 0 Å². The number of rotatable bonds is 6. The molecule has 0 spiro atoms. The highest BCUT2D eigenvalue weighted by Crippen LogP contribution is 2.48. The third-order valence-electron chi connectivity index (χ3n) is 4.71. The van der Waals surface area contributed by atoms with Gasteiger partial charge in [-0.2, -0.15) is 0 Å². The first-order valence-electron chi connectivity index (χ1n) is 9.03. The summed E-state index contributed by atoms with van der Waals surface area (Å²) >= 11 is 7.23. The summed E-state index contributed by atoms with van der Waals surface area (Å²) in [5.41, 5.74) is -1.96. The lowest BCUT2D eigenvalue weighted by Gasteiger charge is -2.37. The monoisotopic (exact) mass is 439 g/mol. The van der Waals surface area contributed by atoms with Crippen LogP contribution >= 0.6 is 22.9 Å². The summed E-state index contributed by atoms with van der Waals surface area (Å²) in [6.45, 7) is 3.21. The number of esters is 2. The zero-order chi connectivity index (χ0) is 21.2. The molecule has 1 aromatic heterocycles. The van der Waals surface area contributed by atoms with Gasteiger partial charge in [0.1, 0.15) is 5.82 Å². The van der Waals surface area contributed by atoms with E-state index in [1.54, 1.807) is 31.4 Å². The smallest absolute Gasteiger partial charge is 0.344 e. The number of hydrogen-bond donors (Lipinski definition) is 0. The van der Waals surface area contributed by atoms with Gasteiger partial charge in [0, 0.05) is 22.9 Å². The van der Waals surface area contributed by atoms with Gasteiger partial charge in [-0.05, 0) is 43.5 Å². The molecule has 9 heteroatoms. The molecule has 3 rings (SSSR count). The van der Waals surface area contributed by atoms with Crippen molar-refractivity contribution in [3.8, 4) is 0 Å². The number of carbonyl (C=O) groups excluding carboxylic acids is 3. The summed E-state index contributed by atoms with van der Waals surface area (Å²) in [4.78, 5) is 41.3. The van der Waals surface area contributed by atoms with E-state index in [9.17, 15) is 18.8 Å².